The fourth-order valence-electron chi connectivity index (χ4n) is 3.75. The van der Waals surface area contributed by atoms with Crippen LogP contribution in [0.1, 0.15) is 47.6 Å². The maximum Gasteiger partial charge on any atom is 0.243 e. The molecule has 0 spiro atoms. The molecule has 4 rings (SSSR count). The molecule has 0 saturated carbocycles. The number of hydrogen-bond acceptors (Lipinski definition) is 6. The summed E-state index contributed by atoms with van der Waals surface area (Å²) < 4.78 is 30.0. The number of hydrogen-bond donors (Lipinski definition) is 0. The van der Waals surface area contributed by atoms with Crippen molar-refractivity contribution in [2.45, 2.75) is 41.6 Å². The number of nitrogens with zero attached hydrogens (tertiary/aromatic N) is 4. The highest BCUT2D eigenvalue weighted by molar-refractivity contribution is 7.98. The standard InChI is InChI=1S/C22H24N4O3S2/c1-16(27)18-10-12-19(13-11-18)31(28,29)26-14-6-9-20(26)21-23-24-22(25(21)2)30-15-17-7-4-3-5-8-17/h3-5,7-8,10-13,20H,6,9,14-15H2,1-2H3/t20-/m0/s1. The Morgan fingerprint density at radius 1 is 1.10 bits per heavy atom. The lowest BCUT2D eigenvalue weighted by Gasteiger charge is -2.23. The van der Waals surface area contributed by atoms with Gasteiger partial charge < -0.3 is 4.57 Å². The summed E-state index contributed by atoms with van der Waals surface area (Å²) in [6, 6.07) is 15.9. The van der Waals surface area contributed by atoms with E-state index in [2.05, 4.69) is 22.3 Å². The fraction of sp³-hybridized carbons (Fsp3) is 0.318. The third kappa shape index (κ3) is 4.44. The summed E-state index contributed by atoms with van der Waals surface area (Å²) in [6.45, 7) is 1.89. The predicted molar refractivity (Wildman–Crippen MR) is 119 cm³/mol. The van der Waals surface area contributed by atoms with Crippen molar-refractivity contribution in [3.63, 3.8) is 0 Å². The van der Waals surface area contributed by atoms with Crippen LogP contribution in [0.2, 0.25) is 0 Å². The van der Waals surface area contributed by atoms with E-state index < -0.39 is 10.0 Å². The van der Waals surface area contributed by atoms with E-state index >= 15 is 0 Å². The van der Waals surface area contributed by atoms with Crippen LogP contribution in [0.4, 0.5) is 0 Å². The molecule has 9 heteroatoms. The van der Waals surface area contributed by atoms with Crippen LogP contribution in [0.3, 0.4) is 0 Å². The van der Waals surface area contributed by atoms with Crippen LogP contribution in [-0.4, -0.2) is 39.8 Å². The number of sulfonamides is 1. The summed E-state index contributed by atoms with van der Waals surface area (Å²) in [5.41, 5.74) is 1.68. The van der Waals surface area contributed by atoms with Gasteiger partial charge in [-0.15, -0.1) is 10.2 Å². The van der Waals surface area contributed by atoms with Crippen molar-refractivity contribution in [1.82, 2.24) is 19.1 Å². The first-order valence-electron chi connectivity index (χ1n) is 10.1. The minimum atomic E-state index is -3.71. The van der Waals surface area contributed by atoms with Gasteiger partial charge in [-0.2, -0.15) is 4.31 Å². The van der Waals surface area contributed by atoms with Gasteiger partial charge in [-0.05, 0) is 37.5 Å². The summed E-state index contributed by atoms with van der Waals surface area (Å²) in [7, 11) is -1.82. The summed E-state index contributed by atoms with van der Waals surface area (Å²) >= 11 is 1.58. The number of Topliss-reactive ketones (excluding diaryl/α,β-unsaturated/α-hetero) is 1. The van der Waals surface area contributed by atoms with E-state index in [-0.39, 0.29) is 16.7 Å². The zero-order chi connectivity index (χ0) is 22.0. The monoisotopic (exact) mass is 456 g/mol. The van der Waals surface area contributed by atoms with Crippen LogP contribution in [0.25, 0.3) is 0 Å². The predicted octanol–water partition coefficient (Wildman–Crippen LogP) is 3.84. The summed E-state index contributed by atoms with van der Waals surface area (Å²) in [6.07, 6.45) is 1.45. The zero-order valence-electron chi connectivity index (χ0n) is 17.4. The van der Waals surface area contributed by atoms with Gasteiger partial charge in [-0.1, -0.05) is 54.2 Å². The molecule has 1 atom stereocenters. The third-order valence-corrected chi connectivity index (χ3v) is 8.46. The second-order valence-electron chi connectivity index (χ2n) is 7.53. The Morgan fingerprint density at radius 2 is 1.81 bits per heavy atom. The third-order valence-electron chi connectivity index (χ3n) is 5.45. The minimum absolute atomic E-state index is 0.0948. The van der Waals surface area contributed by atoms with Crippen molar-refractivity contribution < 1.29 is 13.2 Å². The van der Waals surface area contributed by atoms with Gasteiger partial charge in [0.05, 0.1) is 10.9 Å². The van der Waals surface area contributed by atoms with Crippen molar-refractivity contribution in [2.24, 2.45) is 7.05 Å². The van der Waals surface area contributed by atoms with Crippen molar-refractivity contribution in [3.8, 4) is 0 Å². The highest BCUT2D eigenvalue weighted by Gasteiger charge is 2.39. The molecule has 31 heavy (non-hydrogen) atoms. The topological polar surface area (TPSA) is 85.2 Å². The number of carbonyl (C=O) groups is 1. The smallest absolute Gasteiger partial charge is 0.243 e. The van der Waals surface area contributed by atoms with Gasteiger partial charge in [0, 0.05) is 24.9 Å². The van der Waals surface area contributed by atoms with E-state index in [1.54, 1.807) is 23.9 Å². The molecule has 0 bridgehead atoms. The first-order valence-corrected chi connectivity index (χ1v) is 12.5. The molecular formula is C22H24N4O3S2. The Morgan fingerprint density at radius 3 is 2.48 bits per heavy atom. The molecule has 1 aliphatic heterocycles. The second kappa shape index (κ2) is 8.94. The lowest BCUT2D eigenvalue weighted by Crippen LogP contribution is -2.32. The van der Waals surface area contributed by atoms with Gasteiger partial charge in [0.1, 0.15) is 0 Å². The maximum absolute atomic E-state index is 13.3. The van der Waals surface area contributed by atoms with E-state index in [0.29, 0.717) is 24.4 Å². The number of thioether (sulfide) groups is 1. The van der Waals surface area contributed by atoms with Gasteiger partial charge >= 0.3 is 0 Å². The van der Waals surface area contributed by atoms with Crippen molar-refractivity contribution in [2.75, 3.05) is 6.54 Å². The molecule has 2 aromatic carbocycles. The normalized spacial score (nSPS) is 17.2. The van der Waals surface area contributed by atoms with Crippen molar-refractivity contribution in [1.29, 1.82) is 0 Å². The van der Waals surface area contributed by atoms with Gasteiger partial charge in [0.15, 0.2) is 16.8 Å². The molecule has 1 fully saturated rings. The lowest BCUT2D eigenvalue weighted by atomic mass is 10.2. The molecule has 1 aromatic heterocycles. The Balaban J connectivity index is 1.55. The molecule has 1 saturated heterocycles. The van der Waals surface area contributed by atoms with Crippen LogP contribution < -0.4 is 0 Å². The van der Waals surface area contributed by atoms with Crippen molar-refractivity contribution >= 4 is 27.6 Å². The molecule has 0 unspecified atom stereocenters. The first-order chi connectivity index (χ1) is 14.9. The summed E-state index contributed by atoms with van der Waals surface area (Å²) in [4.78, 5) is 11.7. The zero-order valence-corrected chi connectivity index (χ0v) is 19.1. The van der Waals surface area contributed by atoms with E-state index in [0.717, 1.165) is 17.3 Å². The molecule has 0 amide bonds. The largest absolute Gasteiger partial charge is 0.308 e. The number of ketones is 1. The molecule has 0 radical (unpaired) electrons. The molecule has 2 heterocycles. The summed E-state index contributed by atoms with van der Waals surface area (Å²) in [5, 5.41) is 9.42. The van der Waals surface area contributed by atoms with E-state index in [9.17, 15) is 13.2 Å². The Kier molecular flexibility index (Phi) is 6.27. The number of rotatable bonds is 7. The number of aromatic nitrogens is 3. The molecule has 0 aliphatic carbocycles. The van der Waals surface area contributed by atoms with Crippen LogP contribution in [0, 0.1) is 0 Å². The first kappa shape index (κ1) is 21.7. The van der Waals surface area contributed by atoms with Gasteiger partial charge in [0.25, 0.3) is 0 Å². The second-order valence-corrected chi connectivity index (χ2v) is 10.4. The minimum Gasteiger partial charge on any atom is -0.308 e. The van der Waals surface area contributed by atoms with Crippen LogP contribution in [0.15, 0.2) is 64.6 Å². The van der Waals surface area contributed by atoms with E-state index in [1.807, 2.05) is 29.8 Å². The number of benzene rings is 2. The van der Waals surface area contributed by atoms with E-state index in [4.69, 9.17) is 0 Å². The van der Waals surface area contributed by atoms with Gasteiger partial charge in [-0.25, -0.2) is 8.42 Å². The average molecular weight is 457 g/mol. The van der Waals surface area contributed by atoms with Crippen LogP contribution in [-0.2, 0) is 22.8 Å². The Hall–Kier alpha value is -2.49. The quantitative estimate of drug-likeness (QED) is 0.397. The SMILES string of the molecule is CC(=O)c1ccc(S(=O)(=O)N2CCC[C@H]2c2nnc(SCc3ccccc3)n2C)cc1. The summed E-state index contributed by atoms with van der Waals surface area (Å²) in [5.74, 6) is 1.32. The molecule has 162 valence electrons. The van der Waals surface area contributed by atoms with Crippen LogP contribution in [0.5, 0.6) is 0 Å². The lowest BCUT2D eigenvalue weighted by molar-refractivity contribution is 0.101. The van der Waals surface area contributed by atoms with Crippen LogP contribution >= 0.6 is 11.8 Å². The molecule has 1 aliphatic rings. The van der Waals surface area contributed by atoms with E-state index in [1.165, 1.54) is 28.9 Å². The maximum atomic E-state index is 13.3. The molecule has 7 nitrogen and oxygen atoms in total. The van der Waals surface area contributed by atoms with Gasteiger partial charge in [0.2, 0.25) is 10.0 Å². The van der Waals surface area contributed by atoms with Gasteiger partial charge in [-0.3, -0.25) is 4.79 Å². The van der Waals surface area contributed by atoms with Crippen molar-refractivity contribution in [3.05, 3.63) is 71.5 Å². The number of carbonyl (C=O) groups excluding carboxylic acids is 1. The molecular weight excluding hydrogens is 432 g/mol. The Labute approximate surface area is 186 Å². The average Bonchev–Trinajstić information content (AvgIpc) is 3.40. The fourth-order valence-corrected chi connectivity index (χ4v) is 6.28. The highest BCUT2D eigenvalue weighted by Crippen LogP contribution is 2.36. The molecule has 3 aromatic rings. The molecule has 0 N–H and O–H groups in total. The highest BCUT2D eigenvalue weighted by atomic mass is 32.2. The Bertz CT molecular complexity index is 1180.